The highest BCUT2D eigenvalue weighted by molar-refractivity contribution is 4.81. The molecule has 0 saturated heterocycles. The molecule has 0 bridgehead atoms. The van der Waals surface area contributed by atoms with Gasteiger partial charge in [-0.2, -0.15) is 0 Å². The zero-order chi connectivity index (χ0) is 36.5. The van der Waals surface area contributed by atoms with Crippen molar-refractivity contribution in [3.05, 3.63) is 12.2 Å². The lowest BCUT2D eigenvalue weighted by molar-refractivity contribution is -0.0260. The Hall–Kier alpha value is -0.740. The van der Waals surface area contributed by atoms with Gasteiger partial charge in [0.15, 0.2) is 0 Å². The molecule has 0 heterocycles. The third kappa shape index (κ3) is 54.0. The molecule has 0 fully saturated rings. The van der Waals surface area contributed by atoms with E-state index in [1.807, 2.05) is 0 Å². The number of ether oxygens (including phenoxy) is 9. The van der Waals surface area contributed by atoms with E-state index in [-0.39, 0.29) is 13.2 Å². The number of rotatable bonds is 43. The second-order valence-corrected chi connectivity index (χ2v) is 11.7. The molecule has 0 radical (unpaired) electrons. The van der Waals surface area contributed by atoms with Crippen molar-refractivity contribution in [3.63, 3.8) is 0 Å². The third-order valence-electron chi connectivity index (χ3n) is 7.16. The zero-order valence-electron chi connectivity index (χ0n) is 32.0. The first-order chi connectivity index (χ1) is 24.8. The van der Waals surface area contributed by atoms with Gasteiger partial charge in [-0.25, -0.2) is 0 Å². The van der Waals surface area contributed by atoms with Crippen molar-refractivity contribution in [2.45, 2.75) is 96.8 Å². The maximum absolute atomic E-state index is 8.53. The summed E-state index contributed by atoms with van der Waals surface area (Å²) in [5.41, 5.74) is 5.47. The summed E-state index contributed by atoms with van der Waals surface area (Å²) < 4.78 is 47.7. The Morgan fingerprint density at radius 1 is 0.340 bits per heavy atom. The van der Waals surface area contributed by atoms with Crippen LogP contribution in [0.1, 0.15) is 96.8 Å². The normalized spacial score (nSPS) is 11.4. The number of hydrogen-bond donors (Lipinski definition) is 3. The molecule has 0 aliphatic rings. The molecule has 0 saturated carbocycles. The number of allylic oxidation sites excluding steroid dienone is 2. The molecule has 4 N–H and O–H groups in total. The van der Waals surface area contributed by atoms with Gasteiger partial charge in [0.25, 0.3) is 0 Å². The Balaban J connectivity index is 0. The van der Waals surface area contributed by atoms with E-state index in [2.05, 4.69) is 19.1 Å². The molecule has 0 aliphatic carbocycles. The number of unbranched alkanes of at least 4 members (excludes halogenated alkanes) is 12. The maximum atomic E-state index is 8.53. The highest BCUT2D eigenvalue weighted by Gasteiger charge is 1.96. The van der Waals surface area contributed by atoms with Gasteiger partial charge in [0, 0.05) is 0 Å². The van der Waals surface area contributed by atoms with Crippen LogP contribution in [0.2, 0.25) is 0 Å². The van der Waals surface area contributed by atoms with E-state index in [1.54, 1.807) is 0 Å². The molecule has 0 amide bonds. The minimum atomic E-state index is 0.0278. The summed E-state index contributed by atoms with van der Waals surface area (Å²) in [4.78, 5) is 0. The van der Waals surface area contributed by atoms with Gasteiger partial charge in [-0.05, 0) is 38.6 Å². The van der Waals surface area contributed by atoms with Crippen molar-refractivity contribution >= 4 is 0 Å². The first-order valence-corrected chi connectivity index (χ1v) is 19.6. The predicted octanol–water partition coefficient (Wildman–Crippen LogP) is 5.10. The van der Waals surface area contributed by atoms with Crippen LogP contribution in [0.25, 0.3) is 0 Å². The van der Waals surface area contributed by atoms with Gasteiger partial charge in [0.1, 0.15) is 0 Å². The fourth-order valence-electron chi connectivity index (χ4n) is 4.38. The molecular formula is C38H79NO11. The van der Waals surface area contributed by atoms with Crippen molar-refractivity contribution in [1.82, 2.24) is 0 Å². The molecule has 0 rings (SSSR count). The van der Waals surface area contributed by atoms with Gasteiger partial charge in [0.05, 0.1) is 132 Å². The minimum Gasteiger partial charge on any atom is -0.394 e. The Morgan fingerprint density at radius 2 is 0.580 bits per heavy atom. The van der Waals surface area contributed by atoms with Gasteiger partial charge in [-0.3, -0.25) is 0 Å². The lowest BCUT2D eigenvalue weighted by Crippen LogP contribution is -2.15. The average Bonchev–Trinajstić information content (AvgIpc) is 3.13. The smallest absolute Gasteiger partial charge is 0.0701 e. The van der Waals surface area contributed by atoms with Gasteiger partial charge >= 0.3 is 0 Å². The SMILES string of the molecule is CCCCCCCC/C=C\CCCCCCCCN.OCCOCCOCCOCCOCCOCCOCCOCCOCCOCCO. The van der Waals surface area contributed by atoms with Crippen LogP contribution in [0.5, 0.6) is 0 Å². The molecule has 0 unspecified atom stereocenters. The lowest BCUT2D eigenvalue weighted by Gasteiger charge is -2.08. The Morgan fingerprint density at radius 3 is 0.840 bits per heavy atom. The summed E-state index contributed by atoms with van der Waals surface area (Å²) in [6.45, 7) is 11.9. The van der Waals surface area contributed by atoms with Crippen LogP contribution in [0.3, 0.4) is 0 Å². The third-order valence-corrected chi connectivity index (χ3v) is 7.16. The summed E-state index contributed by atoms with van der Waals surface area (Å²) >= 11 is 0. The second-order valence-electron chi connectivity index (χ2n) is 11.7. The lowest BCUT2D eigenvalue weighted by atomic mass is 10.1. The highest BCUT2D eigenvalue weighted by atomic mass is 16.6. The van der Waals surface area contributed by atoms with Gasteiger partial charge in [-0.1, -0.05) is 76.9 Å². The predicted molar refractivity (Wildman–Crippen MR) is 200 cm³/mol. The van der Waals surface area contributed by atoms with Crippen LogP contribution in [0.15, 0.2) is 12.2 Å². The molecule has 0 aromatic heterocycles. The first kappa shape index (κ1) is 51.4. The van der Waals surface area contributed by atoms with Crippen molar-refractivity contribution in [3.8, 4) is 0 Å². The molecule has 0 aromatic rings. The first-order valence-electron chi connectivity index (χ1n) is 19.6. The van der Waals surface area contributed by atoms with E-state index >= 15 is 0 Å². The van der Waals surface area contributed by atoms with Crippen molar-refractivity contribution < 1.29 is 52.8 Å². The van der Waals surface area contributed by atoms with E-state index in [1.165, 1.54) is 89.9 Å². The second kappa shape index (κ2) is 52.6. The summed E-state index contributed by atoms with van der Waals surface area (Å²) in [7, 11) is 0. The molecule has 0 aliphatic heterocycles. The molecule has 12 nitrogen and oxygen atoms in total. The van der Waals surface area contributed by atoms with E-state index in [4.69, 9.17) is 58.6 Å². The summed E-state index contributed by atoms with van der Waals surface area (Å²) in [5, 5.41) is 17.1. The summed E-state index contributed by atoms with van der Waals surface area (Å²) in [6, 6.07) is 0. The monoisotopic (exact) mass is 726 g/mol. The average molecular weight is 726 g/mol. The Bertz CT molecular complexity index is 563. The number of nitrogens with two attached hydrogens (primary N) is 1. The number of hydrogen-bond acceptors (Lipinski definition) is 12. The number of aliphatic hydroxyl groups is 2. The van der Waals surface area contributed by atoms with Crippen LogP contribution in [0, 0.1) is 0 Å². The molecule has 302 valence electrons. The summed E-state index contributed by atoms with van der Waals surface area (Å²) in [5.74, 6) is 0. The highest BCUT2D eigenvalue weighted by Crippen LogP contribution is 2.09. The van der Waals surface area contributed by atoms with E-state index in [9.17, 15) is 0 Å². The zero-order valence-corrected chi connectivity index (χ0v) is 32.0. The van der Waals surface area contributed by atoms with Crippen LogP contribution in [0.4, 0.5) is 0 Å². The van der Waals surface area contributed by atoms with Gasteiger partial charge in [-0.15, -0.1) is 0 Å². The largest absolute Gasteiger partial charge is 0.394 e. The topological polar surface area (TPSA) is 150 Å². The van der Waals surface area contributed by atoms with E-state index in [0.29, 0.717) is 119 Å². The van der Waals surface area contributed by atoms with Gasteiger partial charge < -0.3 is 58.6 Å². The van der Waals surface area contributed by atoms with Crippen molar-refractivity contribution in [2.24, 2.45) is 5.73 Å². The van der Waals surface area contributed by atoms with Crippen molar-refractivity contribution in [1.29, 1.82) is 0 Å². The molecular weight excluding hydrogens is 646 g/mol. The fourth-order valence-corrected chi connectivity index (χ4v) is 4.38. The van der Waals surface area contributed by atoms with E-state index < -0.39 is 0 Å². The quantitative estimate of drug-likeness (QED) is 0.0567. The Kier molecular flexibility index (Phi) is 54.1. The van der Waals surface area contributed by atoms with E-state index in [0.717, 1.165) is 6.54 Å². The fraction of sp³-hybridized carbons (Fsp3) is 0.947. The van der Waals surface area contributed by atoms with Crippen LogP contribution in [-0.4, -0.2) is 149 Å². The molecule has 50 heavy (non-hydrogen) atoms. The van der Waals surface area contributed by atoms with Crippen LogP contribution in [-0.2, 0) is 42.6 Å². The molecule has 12 heteroatoms. The van der Waals surface area contributed by atoms with Crippen LogP contribution < -0.4 is 5.73 Å². The van der Waals surface area contributed by atoms with Crippen LogP contribution >= 0.6 is 0 Å². The molecule has 0 atom stereocenters. The number of aliphatic hydroxyl groups excluding tert-OH is 2. The summed E-state index contributed by atoms with van der Waals surface area (Å²) in [6.07, 6.45) is 23.9. The van der Waals surface area contributed by atoms with Gasteiger partial charge in [0.2, 0.25) is 0 Å². The Labute approximate surface area is 306 Å². The minimum absolute atomic E-state index is 0.0278. The molecule has 0 spiro atoms. The maximum Gasteiger partial charge on any atom is 0.0701 e. The molecule has 0 aromatic carbocycles. The standard InChI is InChI=1S/C20H42O11.C18H37N/c21-1-3-23-5-7-25-9-11-27-13-15-29-17-19-31-20-18-30-16-14-28-12-10-26-8-6-24-4-2-22;1-2-3-4-5-6-7-8-9-10-11-12-13-14-15-16-17-18-19/h21-22H,1-20H2;9-10H,2-8,11-19H2,1H3/b;10-9-. The van der Waals surface area contributed by atoms with Crippen molar-refractivity contribution in [2.75, 3.05) is 139 Å².